The third-order valence-electron chi connectivity index (χ3n) is 7.56. The van der Waals surface area contributed by atoms with E-state index in [0.29, 0.717) is 27.1 Å². The van der Waals surface area contributed by atoms with Crippen LogP contribution in [-0.4, -0.2) is 33.5 Å². The van der Waals surface area contributed by atoms with Crippen LogP contribution in [0, 0.1) is 3.57 Å². The normalized spacial score (nSPS) is 14.3. The molecule has 0 radical (unpaired) electrons. The number of allylic oxidation sites excluding steroid dienone is 4. The molecule has 11 heteroatoms. The summed E-state index contributed by atoms with van der Waals surface area (Å²) in [6.45, 7) is 5.78. The second kappa shape index (κ2) is 18.2. The smallest absolute Gasteiger partial charge is 0.285 e. The second-order valence-electron chi connectivity index (χ2n) is 11.0. The molecular formula is C40H32Cl2IN3O4S. The number of benzene rings is 4. The highest BCUT2D eigenvalue weighted by Gasteiger charge is 2.35. The van der Waals surface area contributed by atoms with E-state index in [1.54, 1.807) is 55.5 Å². The number of amidine groups is 1. The zero-order chi connectivity index (χ0) is 36.3. The minimum absolute atomic E-state index is 0.0881. The molecule has 0 bridgehead atoms. The molecule has 1 aliphatic heterocycles. The Balaban J connectivity index is 1.36. The van der Waals surface area contributed by atoms with Crippen LogP contribution in [0.25, 0.3) is 6.08 Å². The van der Waals surface area contributed by atoms with Gasteiger partial charge in [-0.1, -0.05) is 133 Å². The predicted molar refractivity (Wildman–Crippen MR) is 216 cm³/mol. The third-order valence-corrected chi connectivity index (χ3v) is 10.1. The van der Waals surface area contributed by atoms with Gasteiger partial charge in [0.2, 0.25) is 5.91 Å². The first-order chi connectivity index (χ1) is 24.7. The van der Waals surface area contributed by atoms with Crippen LogP contribution < -0.4 is 10.1 Å². The minimum atomic E-state index is -0.705. The van der Waals surface area contributed by atoms with E-state index in [2.05, 4.69) is 39.5 Å². The highest BCUT2D eigenvalue weighted by molar-refractivity contribution is 14.1. The zero-order valence-electron chi connectivity index (χ0n) is 27.4. The van der Waals surface area contributed by atoms with Crippen molar-refractivity contribution in [3.05, 3.63) is 175 Å². The van der Waals surface area contributed by atoms with Gasteiger partial charge in [0.05, 0.1) is 25.4 Å². The molecule has 4 aromatic carbocycles. The van der Waals surface area contributed by atoms with E-state index < -0.39 is 11.8 Å². The maximum atomic E-state index is 14.1. The van der Waals surface area contributed by atoms with Crippen molar-refractivity contribution in [1.29, 1.82) is 0 Å². The van der Waals surface area contributed by atoms with Crippen LogP contribution in [-0.2, 0) is 21.0 Å². The molecule has 0 saturated heterocycles. The molecule has 0 unspecified atom stereocenters. The molecule has 5 rings (SSSR count). The molecule has 0 saturated carbocycles. The van der Waals surface area contributed by atoms with E-state index in [9.17, 15) is 14.4 Å². The Morgan fingerprint density at radius 2 is 1.67 bits per heavy atom. The van der Waals surface area contributed by atoms with Crippen molar-refractivity contribution in [1.82, 2.24) is 10.2 Å². The summed E-state index contributed by atoms with van der Waals surface area (Å²) in [5.74, 6) is -1.03. The van der Waals surface area contributed by atoms with Gasteiger partial charge in [-0.15, -0.1) is 0 Å². The van der Waals surface area contributed by atoms with E-state index in [1.807, 2.05) is 72.8 Å². The van der Waals surface area contributed by atoms with Crippen LogP contribution in [0.15, 0.2) is 144 Å². The summed E-state index contributed by atoms with van der Waals surface area (Å²) in [5, 5.41) is 4.10. The molecule has 3 amide bonds. The monoisotopic (exact) mass is 847 g/mol. The topological polar surface area (TPSA) is 88.1 Å². The third kappa shape index (κ3) is 9.89. The van der Waals surface area contributed by atoms with Gasteiger partial charge in [-0.05, 0) is 88.2 Å². The van der Waals surface area contributed by atoms with Gasteiger partial charge < -0.3 is 10.1 Å². The molecular weight excluding hydrogens is 816 g/mol. The molecule has 0 aliphatic carbocycles. The molecule has 0 fully saturated rings. The molecule has 0 spiro atoms. The standard InChI is InChI=1S/C40H32Cl2IN3O4S/c1-3-5-16-30(4-2)46-39(49)31(21-26-18-20-35(34(43)23-26)50-24-27-17-19-32(41)33(42)22-27)38(48)45-40(46)51-25-36(47)44-37(28-12-8-6-9-13-28)29-14-10-7-11-15-29/h3-23,37H,1,24-25H2,2H3,(H,44,47)/b16-5-,30-4+,31-21+. The maximum absolute atomic E-state index is 14.1. The van der Waals surface area contributed by atoms with Crippen molar-refractivity contribution in [2.24, 2.45) is 4.99 Å². The summed E-state index contributed by atoms with van der Waals surface area (Å²) < 4.78 is 6.76. The quantitative estimate of drug-likeness (QED) is 0.0665. The van der Waals surface area contributed by atoms with Gasteiger partial charge in [-0.25, -0.2) is 0 Å². The van der Waals surface area contributed by atoms with Crippen molar-refractivity contribution in [3.63, 3.8) is 0 Å². The van der Waals surface area contributed by atoms with Crippen LogP contribution in [0.1, 0.15) is 35.2 Å². The number of rotatable bonds is 12. The lowest BCUT2D eigenvalue weighted by molar-refractivity contribution is -0.126. The first kappa shape index (κ1) is 37.8. The molecule has 51 heavy (non-hydrogen) atoms. The highest BCUT2D eigenvalue weighted by atomic mass is 127. The number of ether oxygens (including phenoxy) is 1. The van der Waals surface area contributed by atoms with Gasteiger partial charge in [0, 0.05) is 5.70 Å². The number of hydrogen-bond donors (Lipinski definition) is 1. The van der Waals surface area contributed by atoms with Gasteiger partial charge in [-0.2, -0.15) is 4.99 Å². The molecule has 0 aromatic heterocycles. The number of thioether (sulfide) groups is 1. The zero-order valence-corrected chi connectivity index (χ0v) is 31.9. The SMILES string of the molecule is C=C/C=C\C(=C/C)N1C(=O)/C(=C/c2ccc(OCc3ccc(Cl)c(Cl)c3)c(I)c2)C(=O)N=C1SCC(=O)NC(c1ccccc1)c1ccccc1. The van der Waals surface area contributed by atoms with E-state index in [-0.39, 0.29) is 35.0 Å². The average Bonchev–Trinajstić information content (AvgIpc) is 3.14. The predicted octanol–water partition coefficient (Wildman–Crippen LogP) is 9.57. The fourth-order valence-corrected chi connectivity index (χ4v) is 6.90. The first-order valence-corrected chi connectivity index (χ1v) is 18.5. The lowest BCUT2D eigenvalue weighted by Crippen LogP contribution is -2.42. The van der Waals surface area contributed by atoms with Crippen LogP contribution >= 0.6 is 57.6 Å². The molecule has 7 nitrogen and oxygen atoms in total. The van der Waals surface area contributed by atoms with E-state index in [1.165, 1.54) is 11.0 Å². The number of carbonyl (C=O) groups excluding carboxylic acids is 3. The molecule has 0 atom stereocenters. The minimum Gasteiger partial charge on any atom is -0.488 e. The van der Waals surface area contributed by atoms with Crippen LogP contribution in [0.2, 0.25) is 10.0 Å². The molecule has 258 valence electrons. The summed E-state index contributed by atoms with van der Waals surface area (Å²) in [7, 11) is 0. The van der Waals surface area contributed by atoms with Crippen molar-refractivity contribution in [3.8, 4) is 5.75 Å². The summed E-state index contributed by atoms with van der Waals surface area (Å²) in [6, 6.07) is 29.6. The molecule has 1 heterocycles. The lowest BCUT2D eigenvalue weighted by Gasteiger charge is -2.28. The van der Waals surface area contributed by atoms with Crippen molar-refractivity contribution in [2.45, 2.75) is 19.6 Å². The second-order valence-corrected chi connectivity index (χ2v) is 14.0. The number of carbonyl (C=O) groups is 3. The Bertz CT molecular complexity index is 2030. The van der Waals surface area contributed by atoms with Gasteiger partial charge >= 0.3 is 0 Å². The van der Waals surface area contributed by atoms with Gasteiger partial charge in [0.1, 0.15) is 17.9 Å². The highest BCUT2D eigenvalue weighted by Crippen LogP contribution is 2.30. The van der Waals surface area contributed by atoms with Crippen molar-refractivity contribution in [2.75, 3.05) is 5.75 Å². The van der Waals surface area contributed by atoms with Gasteiger partial charge in [-0.3, -0.25) is 19.3 Å². The first-order valence-electron chi connectivity index (χ1n) is 15.7. The van der Waals surface area contributed by atoms with Gasteiger partial charge in [0.25, 0.3) is 11.8 Å². The van der Waals surface area contributed by atoms with Crippen LogP contribution in [0.4, 0.5) is 0 Å². The number of amides is 3. The fourth-order valence-electron chi connectivity index (χ4n) is 5.07. The largest absolute Gasteiger partial charge is 0.488 e. The fraction of sp³-hybridized carbons (Fsp3) is 0.100. The Morgan fingerprint density at radius 3 is 2.27 bits per heavy atom. The summed E-state index contributed by atoms with van der Waals surface area (Å²) in [4.78, 5) is 46.5. The van der Waals surface area contributed by atoms with Crippen LogP contribution in [0.3, 0.4) is 0 Å². The summed E-state index contributed by atoms with van der Waals surface area (Å²) >= 11 is 15.3. The Hall–Kier alpha value is -4.42. The number of halogens is 3. The number of nitrogens with one attached hydrogen (secondary N) is 1. The molecule has 1 aliphatic rings. The molecule has 1 N–H and O–H groups in total. The average molecular weight is 849 g/mol. The summed E-state index contributed by atoms with van der Waals surface area (Å²) in [5.41, 5.74) is 3.66. The van der Waals surface area contributed by atoms with E-state index in [0.717, 1.165) is 32.0 Å². The Morgan fingerprint density at radius 1 is 0.980 bits per heavy atom. The van der Waals surface area contributed by atoms with E-state index in [4.69, 9.17) is 27.9 Å². The Labute approximate surface area is 324 Å². The number of nitrogens with zero attached hydrogens (tertiary/aromatic N) is 2. The summed E-state index contributed by atoms with van der Waals surface area (Å²) in [6.07, 6.45) is 8.19. The lowest BCUT2D eigenvalue weighted by atomic mass is 9.99. The molecule has 4 aromatic rings. The number of aliphatic imine (C=N–C) groups is 1. The van der Waals surface area contributed by atoms with Crippen molar-refractivity contribution >= 4 is 86.5 Å². The van der Waals surface area contributed by atoms with E-state index >= 15 is 0 Å². The van der Waals surface area contributed by atoms with Crippen molar-refractivity contribution < 1.29 is 19.1 Å². The van der Waals surface area contributed by atoms with Crippen LogP contribution in [0.5, 0.6) is 5.75 Å². The Kier molecular flexibility index (Phi) is 13.5. The maximum Gasteiger partial charge on any atom is 0.285 e. The van der Waals surface area contributed by atoms with Gasteiger partial charge in [0.15, 0.2) is 5.17 Å². The number of hydrogen-bond acceptors (Lipinski definition) is 5.